The molecule has 0 bridgehead atoms. The number of benzene rings is 2. The van der Waals surface area contributed by atoms with Crippen LogP contribution in [0.2, 0.25) is 5.02 Å². The van der Waals surface area contributed by atoms with Crippen molar-refractivity contribution in [1.82, 2.24) is 10.2 Å². The van der Waals surface area contributed by atoms with Crippen molar-refractivity contribution in [3.05, 3.63) is 70.0 Å². The molecule has 0 aliphatic heterocycles. The molecule has 1 N–H and O–H groups in total. The number of hydrogen-bond acceptors (Lipinski definition) is 2. The molecular weight excluding hydrogens is 353 g/mol. The first-order valence-corrected chi connectivity index (χ1v) is 8.01. The summed E-state index contributed by atoms with van der Waals surface area (Å²) in [6.07, 6.45) is 0.547. The Kier molecular flexibility index (Phi) is 6.45. The first-order valence-electron chi connectivity index (χ1n) is 7.63. The summed E-state index contributed by atoms with van der Waals surface area (Å²) in [5.74, 6) is -3.28. The van der Waals surface area contributed by atoms with E-state index in [1.165, 1.54) is 12.1 Å². The number of rotatable bonds is 6. The molecule has 0 radical (unpaired) electrons. The molecule has 0 heterocycles. The molecule has 3 nitrogen and oxygen atoms in total. The normalized spacial score (nSPS) is 12.3. The van der Waals surface area contributed by atoms with Gasteiger partial charge in [-0.25, -0.2) is 13.2 Å². The average molecular weight is 371 g/mol. The molecule has 1 unspecified atom stereocenters. The monoisotopic (exact) mass is 370 g/mol. The lowest BCUT2D eigenvalue weighted by Crippen LogP contribution is -2.31. The average Bonchev–Trinajstić information content (AvgIpc) is 2.55. The molecule has 134 valence electrons. The largest absolute Gasteiger partial charge is 0.345 e. The molecule has 0 aliphatic carbocycles. The summed E-state index contributed by atoms with van der Waals surface area (Å²) in [6.45, 7) is 0.661. The van der Waals surface area contributed by atoms with Crippen molar-refractivity contribution in [2.75, 3.05) is 20.6 Å². The summed E-state index contributed by atoms with van der Waals surface area (Å²) in [5, 5.41) is 2.57. The van der Waals surface area contributed by atoms with Crippen LogP contribution in [0.1, 0.15) is 28.4 Å². The van der Waals surface area contributed by atoms with Crippen molar-refractivity contribution in [3.8, 4) is 0 Å². The zero-order valence-electron chi connectivity index (χ0n) is 13.8. The number of amides is 1. The van der Waals surface area contributed by atoms with E-state index in [1.54, 1.807) is 12.1 Å². The third-order valence-electron chi connectivity index (χ3n) is 3.70. The number of nitrogens with one attached hydrogen (secondary N) is 1. The second kappa shape index (κ2) is 8.36. The third-order valence-corrected chi connectivity index (χ3v) is 4.01. The number of hydrogen-bond donors (Lipinski definition) is 1. The molecule has 0 aliphatic rings. The van der Waals surface area contributed by atoms with Crippen LogP contribution in [0.25, 0.3) is 0 Å². The quantitative estimate of drug-likeness (QED) is 0.774. The highest BCUT2D eigenvalue weighted by molar-refractivity contribution is 6.33. The van der Waals surface area contributed by atoms with E-state index < -0.39 is 23.6 Å². The van der Waals surface area contributed by atoms with Crippen LogP contribution in [-0.2, 0) is 0 Å². The maximum absolute atomic E-state index is 13.4. The van der Waals surface area contributed by atoms with Gasteiger partial charge in [0.2, 0.25) is 0 Å². The lowest BCUT2D eigenvalue weighted by Gasteiger charge is -2.21. The Bertz CT molecular complexity index is 751. The van der Waals surface area contributed by atoms with E-state index in [2.05, 4.69) is 5.32 Å². The van der Waals surface area contributed by atoms with E-state index in [9.17, 15) is 18.0 Å². The van der Waals surface area contributed by atoms with Crippen LogP contribution in [0.5, 0.6) is 0 Å². The molecule has 0 saturated heterocycles. The van der Waals surface area contributed by atoms with Gasteiger partial charge in [0.15, 0.2) is 11.6 Å². The van der Waals surface area contributed by atoms with Crippen LogP contribution in [0, 0.1) is 17.5 Å². The fourth-order valence-corrected chi connectivity index (χ4v) is 2.57. The highest BCUT2D eigenvalue weighted by Gasteiger charge is 2.20. The summed E-state index contributed by atoms with van der Waals surface area (Å²) < 4.78 is 39.7. The number of carbonyl (C=O) groups is 1. The minimum absolute atomic E-state index is 0.155. The van der Waals surface area contributed by atoms with E-state index in [-0.39, 0.29) is 16.4 Å². The Morgan fingerprint density at radius 3 is 2.32 bits per heavy atom. The molecule has 1 amide bonds. The van der Waals surface area contributed by atoms with Gasteiger partial charge in [-0.05, 0) is 56.9 Å². The van der Waals surface area contributed by atoms with E-state index in [0.717, 1.165) is 12.1 Å². The summed E-state index contributed by atoms with van der Waals surface area (Å²) in [4.78, 5) is 14.4. The maximum Gasteiger partial charge on any atom is 0.253 e. The number of nitrogens with zero attached hydrogens (tertiary/aromatic N) is 1. The molecule has 7 heteroatoms. The zero-order chi connectivity index (χ0) is 18.6. The third kappa shape index (κ3) is 5.21. The fraction of sp³-hybridized carbons (Fsp3) is 0.278. The molecule has 0 fully saturated rings. The molecule has 2 aromatic carbocycles. The molecule has 0 spiro atoms. The first kappa shape index (κ1) is 19.3. The van der Waals surface area contributed by atoms with Crippen molar-refractivity contribution in [2.24, 2.45) is 0 Å². The maximum atomic E-state index is 13.4. The van der Waals surface area contributed by atoms with Crippen LogP contribution in [0.15, 0.2) is 36.4 Å². The van der Waals surface area contributed by atoms with Crippen molar-refractivity contribution in [2.45, 2.75) is 12.5 Å². The summed E-state index contributed by atoms with van der Waals surface area (Å²) in [7, 11) is 3.77. The minimum atomic E-state index is -1.15. The highest BCUT2D eigenvalue weighted by atomic mass is 35.5. The molecule has 0 saturated carbocycles. The van der Waals surface area contributed by atoms with Gasteiger partial charge in [-0.1, -0.05) is 23.7 Å². The Morgan fingerprint density at radius 2 is 1.72 bits per heavy atom. The highest BCUT2D eigenvalue weighted by Crippen LogP contribution is 2.23. The standard InChI is InChI=1S/C18H18ClF3N2O/c1-24(2)8-7-17(11-3-5-12(20)6-4-11)23-18(25)13-9-15(21)16(22)10-14(13)19/h3-6,9-10,17H,7-8H2,1-2H3,(H,23,25). The number of carbonyl (C=O) groups excluding carboxylic acids is 1. The Labute approximate surface area is 149 Å². The molecule has 2 aromatic rings. The van der Waals surface area contributed by atoms with E-state index in [4.69, 9.17) is 11.6 Å². The van der Waals surface area contributed by atoms with Crippen LogP contribution in [0.3, 0.4) is 0 Å². The van der Waals surface area contributed by atoms with Gasteiger partial charge in [0.25, 0.3) is 5.91 Å². The lowest BCUT2D eigenvalue weighted by atomic mass is 10.0. The van der Waals surface area contributed by atoms with Gasteiger partial charge in [-0.3, -0.25) is 4.79 Å². The zero-order valence-corrected chi connectivity index (χ0v) is 14.6. The van der Waals surface area contributed by atoms with Gasteiger partial charge < -0.3 is 10.2 Å². The van der Waals surface area contributed by atoms with Crippen LogP contribution in [-0.4, -0.2) is 31.4 Å². The lowest BCUT2D eigenvalue weighted by molar-refractivity contribution is 0.0932. The molecule has 25 heavy (non-hydrogen) atoms. The molecular formula is C18H18ClF3N2O. The Morgan fingerprint density at radius 1 is 1.12 bits per heavy atom. The van der Waals surface area contributed by atoms with Gasteiger partial charge in [0.05, 0.1) is 16.6 Å². The fourth-order valence-electron chi connectivity index (χ4n) is 2.34. The van der Waals surface area contributed by atoms with E-state index >= 15 is 0 Å². The van der Waals surface area contributed by atoms with E-state index in [1.807, 2.05) is 19.0 Å². The van der Waals surface area contributed by atoms with Gasteiger partial charge >= 0.3 is 0 Å². The summed E-state index contributed by atoms with van der Waals surface area (Å²) in [5.41, 5.74) is 0.549. The van der Waals surface area contributed by atoms with Gasteiger partial charge in [-0.2, -0.15) is 0 Å². The first-order chi connectivity index (χ1) is 11.8. The van der Waals surface area contributed by atoms with Gasteiger partial charge in [-0.15, -0.1) is 0 Å². The van der Waals surface area contributed by atoms with Crippen molar-refractivity contribution in [3.63, 3.8) is 0 Å². The van der Waals surface area contributed by atoms with Crippen molar-refractivity contribution in [1.29, 1.82) is 0 Å². The molecule has 2 rings (SSSR count). The summed E-state index contributed by atoms with van der Waals surface area (Å²) in [6, 6.07) is 6.84. The number of halogens is 4. The Balaban J connectivity index is 2.24. The smallest absolute Gasteiger partial charge is 0.253 e. The van der Waals surface area contributed by atoms with E-state index in [0.29, 0.717) is 18.5 Å². The predicted molar refractivity (Wildman–Crippen MR) is 91.1 cm³/mol. The molecule has 0 aromatic heterocycles. The van der Waals surface area contributed by atoms with Crippen molar-refractivity contribution < 1.29 is 18.0 Å². The predicted octanol–water partition coefficient (Wildman–Crippen LogP) is 4.18. The SMILES string of the molecule is CN(C)CCC(NC(=O)c1cc(F)c(F)cc1Cl)c1ccc(F)cc1. The second-order valence-corrected chi connectivity index (χ2v) is 6.32. The van der Waals surface area contributed by atoms with Crippen molar-refractivity contribution >= 4 is 17.5 Å². The van der Waals surface area contributed by atoms with Crippen LogP contribution in [0.4, 0.5) is 13.2 Å². The van der Waals surface area contributed by atoms with Gasteiger partial charge in [0, 0.05) is 0 Å². The van der Waals surface area contributed by atoms with Gasteiger partial charge in [0.1, 0.15) is 5.82 Å². The Hall–Kier alpha value is -2.05. The second-order valence-electron chi connectivity index (χ2n) is 5.92. The van der Waals surface area contributed by atoms with Crippen LogP contribution >= 0.6 is 11.6 Å². The van der Waals surface area contributed by atoms with Crippen LogP contribution < -0.4 is 5.32 Å². The summed E-state index contributed by atoms with van der Waals surface area (Å²) >= 11 is 5.85. The topological polar surface area (TPSA) is 32.3 Å². The molecule has 1 atom stereocenters. The minimum Gasteiger partial charge on any atom is -0.345 e.